The fourth-order valence-corrected chi connectivity index (χ4v) is 2.96. The molecule has 130 valence electrons. The molecule has 2 aromatic heterocycles. The number of nitrogens with one attached hydrogen (secondary N) is 1. The lowest BCUT2D eigenvalue weighted by molar-refractivity contribution is -0.145. The van der Waals surface area contributed by atoms with Gasteiger partial charge in [0.1, 0.15) is 11.2 Å². The highest BCUT2D eigenvalue weighted by Crippen LogP contribution is 2.35. The third kappa shape index (κ3) is 2.59. The number of hydrogen-bond donors (Lipinski definition) is 1. The number of anilines is 1. The number of alkyl halides is 5. The molecule has 0 saturated carbocycles. The van der Waals surface area contributed by atoms with Gasteiger partial charge in [0.05, 0.1) is 0 Å². The van der Waals surface area contributed by atoms with Gasteiger partial charge in [0, 0.05) is 17.9 Å². The normalized spacial score (nSPS) is 14.2. The van der Waals surface area contributed by atoms with Gasteiger partial charge in [-0.2, -0.15) is 13.2 Å². The van der Waals surface area contributed by atoms with Crippen molar-refractivity contribution in [3.63, 3.8) is 0 Å². The Balaban J connectivity index is 2.00. The first-order valence-corrected chi connectivity index (χ1v) is 7.46. The van der Waals surface area contributed by atoms with Gasteiger partial charge < -0.3 is 5.32 Å². The Morgan fingerprint density at radius 1 is 1.08 bits per heavy atom. The molecule has 25 heavy (non-hydrogen) atoms. The number of pyridine rings is 1. The van der Waals surface area contributed by atoms with Crippen molar-refractivity contribution in [1.82, 2.24) is 14.5 Å². The highest BCUT2D eigenvalue weighted by atomic mass is 19.4. The van der Waals surface area contributed by atoms with Gasteiger partial charge in [-0.25, -0.2) is 18.7 Å². The second-order valence-electron chi connectivity index (χ2n) is 5.67. The molecule has 0 fully saturated rings. The first-order chi connectivity index (χ1) is 11.8. The van der Waals surface area contributed by atoms with Gasteiger partial charge in [0.25, 0.3) is 6.43 Å². The molecule has 3 heterocycles. The number of aromatic nitrogens is 3. The van der Waals surface area contributed by atoms with Gasteiger partial charge in [0.2, 0.25) is 5.82 Å². The third-order valence-electron chi connectivity index (χ3n) is 4.06. The summed E-state index contributed by atoms with van der Waals surface area (Å²) >= 11 is 0. The Bertz CT molecular complexity index is 961. The zero-order valence-electron chi connectivity index (χ0n) is 12.6. The van der Waals surface area contributed by atoms with Crippen LogP contribution in [0.1, 0.15) is 23.5 Å². The van der Waals surface area contributed by atoms with Crippen LogP contribution in [0.4, 0.5) is 27.6 Å². The minimum absolute atomic E-state index is 0.0876. The van der Waals surface area contributed by atoms with E-state index in [0.717, 1.165) is 28.0 Å². The smallest absolute Gasteiger partial charge is 0.384 e. The summed E-state index contributed by atoms with van der Waals surface area (Å²) < 4.78 is 66.9. The van der Waals surface area contributed by atoms with Crippen molar-refractivity contribution in [3.8, 4) is 5.69 Å². The highest BCUT2D eigenvalue weighted by molar-refractivity contribution is 5.75. The number of halogens is 5. The lowest BCUT2D eigenvalue weighted by Gasteiger charge is -2.12. The van der Waals surface area contributed by atoms with E-state index in [1.54, 1.807) is 12.1 Å². The molecule has 1 aliphatic heterocycles. The minimum Gasteiger partial charge on any atom is -0.384 e. The van der Waals surface area contributed by atoms with Crippen LogP contribution in [-0.2, 0) is 12.6 Å². The van der Waals surface area contributed by atoms with Crippen molar-refractivity contribution in [2.24, 2.45) is 0 Å². The zero-order chi connectivity index (χ0) is 17.8. The Hall–Kier alpha value is -2.71. The molecule has 0 saturated heterocycles. The predicted molar refractivity (Wildman–Crippen MR) is 81.0 cm³/mol. The second-order valence-corrected chi connectivity index (χ2v) is 5.67. The number of nitrogens with zero attached hydrogens (tertiary/aromatic N) is 3. The number of hydrogen-bond acceptors (Lipinski definition) is 3. The van der Waals surface area contributed by atoms with E-state index in [1.165, 1.54) is 6.07 Å². The quantitative estimate of drug-likeness (QED) is 0.696. The molecule has 0 atom stereocenters. The number of benzene rings is 1. The van der Waals surface area contributed by atoms with Gasteiger partial charge in [-0.3, -0.25) is 4.57 Å². The third-order valence-corrected chi connectivity index (χ3v) is 4.06. The van der Waals surface area contributed by atoms with E-state index in [1.807, 2.05) is 0 Å². The second kappa shape index (κ2) is 5.40. The molecular weight excluding hydrogens is 343 g/mol. The van der Waals surface area contributed by atoms with E-state index in [2.05, 4.69) is 15.3 Å². The molecule has 0 radical (unpaired) electrons. The maximum Gasteiger partial charge on any atom is 0.450 e. The molecule has 0 unspecified atom stereocenters. The van der Waals surface area contributed by atoms with Crippen LogP contribution >= 0.6 is 0 Å². The molecular formula is C16H11F5N4. The van der Waals surface area contributed by atoms with Crippen LogP contribution < -0.4 is 5.32 Å². The van der Waals surface area contributed by atoms with Crippen molar-refractivity contribution >= 4 is 16.9 Å². The average Bonchev–Trinajstić information content (AvgIpc) is 3.17. The summed E-state index contributed by atoms with van der Waals surface area (Å²) in [6.45, 7) is 0.698. The molecule has 1 aliphatic rings. The van der Waals surface area contributed by atoms with Gasteiger partial charge in [-0.15, -0.1) is 0 Å². The molecule has 4 rings (SSSR count). The summed E-state index contributed by atoms with van der Waals surface area (Å²) in [5.41, 5.74) is 0.980. The lowest BCUT2D eigenvalue weighted by atomic mass is 10.1. The van der Waals surface area contributed by atoms with E-state index in [4.69, 9.17) is 0 Å². The van der Waals surface area contributed by atoms with Gasteiger partial charge >= 0.3 is 6.18 Å². The molecule has 3 aromatic rings. The summed E-state index contributed by atoms with van der Waals surface area (Å²) in [6.07, 6.45) is -6.96. The first kappa shape index (κ1) is 15.8. The van der Waals surface area contributed by atoms with Crippen LogP contribution in [0.25, 0.3) is 16.9 Å². The fourth-order valence-electron chi connectivity index (χ4n) is 2.96. The van der Waals surface area contributed by atoms with Crippen LogP contribution in [0, 0.1) is 0 Å². The van der Waals surface area contributed by atoms with Crippen LogP contribution in [0.3, 0.4) is 0 Å². The maximum absolute atomic E-state index is 13.4. The molecule has 9 heteroatoms. The van der Waals surface area contributed by atoms with Crippen molar-refractivity contribution in [3.05, 3.63) is 47.4 Å². The summed E-state index contributed by atoms with van der Waals surface area (Å²) in [5.74, 6) is -1.19. The summed E-state index contributed by atoms with van der Waals surface area (Å²) in [5, 5.41) is 3.12. The van der Waals surface area contributed by atoms with Gasteiger partial charge in [0.15, 0.2) is 5.65 Å². The first-order valence-electron chi connectivity index (χ1n) is 7.46. The summed E-state index contributed by atoms with van der Waals surface area (Å²) in [7, 11) is 0. The fraction of sp³-hybridized carbons (Fsp3) is 0.250. The van der Waals surface area contributed by atoms with Crippen molar-refractivity contribution in [2.75, 3.05) is 11.9 Å². The number of imidazole rings is 1. The Kier molecular flexibility index (Phi) is 3.41. The van der Waals surface area contributed by atoms with E-state index >= 15 is 0 Å². The predicted octanol–water partition coefficient (Wildman–Crippen LogP) is 4.34. The number of rotatable bonds is 2. The minimum atomic E-state index is -4.75. The largest absolute Gasteiger partial charge is 0.450 e. The molecule has 1 N–H and O–H groups in total. The lowest BCUT2D eigenvalue weighted by Crippen LogP contribution is -2.14. The SMILES string of the molecule is FC(F)c1ccc2nc(C(F)(F)F)n(-c3ccc4c(c3)CCN4)c2n1. The van der Waals surface area contributed by atoms with E-state index in [-0.39, 0.29) is 16.9 Å². The average molecular weight is 354 g/mol. The standard InChI is InChI=1S/C16H11F5N4/c17-13(18)11-3-4-12-14(23-11)25(15(24-12)16(19,20)21)9-1-2-10-8(7-9)5-6-22-10/h1-4,7,13,22H,5-6H2. The molecule has 0 spiro atoms. The molecule has 0 amide bonds. The van der Waals surface area contributed by atoms with E-state index < -0.39 is 24.1 Å². The summed E-state index contributed by atoms with van der Waals surface area (Å²) in [4.78, 5) is 7.28. The van der Waals surface area contributed by atoms with Crippen LogP contribution in [0.2, 0.25) is 0 Å². The molecule has 1 aromatic carbocycles. The highest BCUT2D eigenvalue weighted by Gasteiger charge is 2.38. The Morgan fingerprint density at radius 2 is 1.88 bits per heavy atom. The molecule has 4 nitrogen and oxygen atoms in total. The van der Waals surface area contributed by atoms with Gasteiger partial charge in [-0.05, 0) is 42.3 Å². The van der Waals surface area contributed by atoms with E-state index in [0.29, 0.717) is 13.0 Å². The van der Waals surface area contributed by atoms with Crippen molar-refractivity contribution in [2.45, 2.75) is 19.0 Å². The zero-order valence-corrected chi connectivity index (χ0v) is 12.6. The van der Waals surface area contributed by atoms with Gasteiger partial charge in [-0.1, -0.05) is 0 Å². The Labute approximate surface area is 138 Å². The maximum atomic E-state index is 13.4. The van der Waals surface area contributed by atoms with Crippen LogP contribution in [0.5, 0.6) is 0 Å². The monoisotopic (exact) mass is 354 g/mol. The van der Waals surface area contributed by atoms with Crippen molar-refractivity contribution in [1.29, 1.82) is 0 Å². The number of fused-ring (bicyclic) bond motifs is 2. The summed E-state index contributed by atoms with van der Waals surface area (Å²) in [6, 6.07) is 6.87. The Morgan fingerprint density at radius 3 is 2.60 bits per heavy atom. The topological polar surface area (TPSA) is 42.7 Å². The van der Waals surface area contributed by atoms with Crippen LogP contribution in [-0.4, -0.2) is 21.1 Å². The van der Waals surface area contributed by atoms with Crippen molar-refractivity contribution < 1.29 is 22.0 Å². The van der Waals surface area contributed by atoms with Crippen LogP contribution in [0.15, 0.2) is 30.3 Å². The molecule has 0 bridgehead atoms. The molecule has 0 aliphatic carbocycles. The van der Waals surface area contributed by atoms with E-state index in [9.17, 15) is 22.0 Å².